The van der Waals surface area contributed by atoms with Crippen LogP contribution in [-0.2, 0) is 7.05 Å². The first-order chi connectivity index (χ1) is 6.83. The van der Waals surface area contributed by atoms with Gasteiger partial charge < -0.3 is 9.88 Å². The summed E-state index contributed by atoms with van der Waals surface area (Å²) in [6.07, 6.45) is 5.63. The Morgan fingerprint density at radius 2 is 2.43 bits per heavy atom. The van der Waals surface area contributed by atoms with Gasteiger partial charge in [0.05, 0.1) is 5.51 Å². The van der Waals surface area contributed by atoms with Gasteiger partial charge in [0.15, 0.2) is 0 Å². The van der Waals surface area contributed by atoms with Gasteiger partial charge in [-0.25, -0.2) is 4.98 Å². The highest BCUT2D eigenvalue weighted by atomic mass is 32.1. The first-order valence-corrected chi connectivity index (χ1v) is 5.23. The van der Waals surface area contributed by atoms with E-state index in [1.165, 1.54) is 4.88 Å². The van der Waals surface area contributed by atoms with Gasteiger partial charge in [-0.15, -0.1) is 11.3 Å². The molecule has 0 bridgehead atoms. The van der Waals surface area contributed by atoms with E-state index < -0.39 is 0 Å². The van der Waals surface area contributed by atoms with E-state index in [2.05, 4.69) is 15.3 Å². The molecular formula is C9H12N4S. The van der Waals surface area contributed by atoms with Crippen LogP contribution in [0.4, 0.5) is 0 Å². The molecule has 0 radical (unpaired) electrons. The second-order valence-corrected chi connectivity index (χ2v) is 3.94. The summed E-state index contributed by atoms with van der Waals surface area (Å²) in [5.41, 5.74) is 1.84. The predicted molar refractivity (Wildman–Crippen MR) is 56.2 cm³/mol. The van der Waals surface area contributed by atoms with Crippen molar-refractivity contribution in [3.8, 4) is 0 Å². The minimum atomic E-state index is 0.141. The molecule has 0 amide bonds. The Bertz CT molecular complexity index is 393. The number of hydrogen-bond acceptors (Lipinski definition) is 4. The summed E-state index contributed by atoms with van der Waals surface area (Å²) < 4.78 is 2.01. The molecular weight excluding hydrogens is 196 g/mol. The second-order valence-electron chi connectivity index (χ2n) is 3.02. The van der Waals surface area contributed by atoms with E-state index in [9.17, 15) is 0 Å². The molecule has 0 aromatic carbocycles. The third-order valence-corrected chi connectivity index (χ3v) is 2.98. The van der Waals surface area contributed by atoms with Crippen molar-refractivity contribution >= 4 is 11.3 Å². The molecule has 1 unspecified atom stereocenters. The van der Waals surface area contributed by atoms with Crippen molar-refractivity contribution in [2.24, 2.45) is 7.05 Å². The Labute approximate surface area is 86.6 Å². The molecule has 0 aliphatic carbocycles. The third kappa shape index (κ3) is 1.56. The zero-order valence-corrected chi connectivity index (χ0v) is 8.95. The highest BCUT2D eigenvalue weighted by Crippen LogP contribution is 2.22. The molecule has 14 heavy (non-hydrogen) atoms. The Morgan fingerprint density at radius 1 is 1.57 bits per heavy atom. The number of thiazole rings is 1. The van der Waals surface area contributed by atoms with Crippen LogP contribution in [0.25, 0.3) is 0 Å². The van der Waals surface area contributed by atoms with Gasteiger partial charge in [-0.3, -0.25) is 4.98 Å². The summed E-state index contributed by atoms with van der Waals surface area (Å²) >= 11 is 1.64. The fourth-order valence-electron chi connectivity index (χ4n) is 1.42. The van der Waals surface area contributed by atoms with E-state index in [4.69, 9.17) is 0 Å². The Hall–Kier alpha value is -1.20. The van der Waals surface area contributed by atoms with Crippen LogP contribution in [-0.4, -0.2) is 21.6 Å². The van der Waals surface area contributed by atoms with Crippen LogP contribution in [0.5, 0.6) is 0 Å². The van der Waals surface area contributed by atoms with Crippen LogP contribution >= 0.6 is 11.3 Å². The molecule has 0 aliphatic rings. The number of aryl methyl sites for hydroxylation is 1. The Morgan fingerprint density at radius 3 is 2.93 bits per heavy atom. The number of nitrogens with one attached hydrogen (secondary N) is 1. The number of aromatic nitrogens is 3. The third-order valence-electron chi connectivity index (χ3n) is 2.14. The lowest BCUT2D eigenvalue weighted by Crippen LogP contribution is -2.20. The molecule has 1 atom stereocenters. The molecule has 74 valence electrons. The summed E-state index contributed by atoms with van der Waals surface area (Å²) in [5, 5.41) is 3.23. The van der Waals surface area contributed by atoms with Gasteiger partial charge in [0.2, 0.25) is 0 Å². The fourth-order valence-corrected chi connectivity index (χ4v) is 2.15. The first kappa shape index (κ1) is 9.36. The minimum Gasteiger partial charge on any atom is -0.336 e. The van der Waals surface area contributed by atoms with Gasteiger partial charge in [-0.2, -0.15) is 0 Å². The lowest BCUT2D eigenvalue weighted by molar-refractivity contribution is 0.625. The van der Waals surface area contributed by atoms with Crippen LogP contribution in [0.1, 0.15) is 16.7 Å². The van der Waals surface area contributed by atoms with Crippen LogP contribution in [0.15, 0.2) is 24.1 Å². The van der Waals surface area contributed by atoms with E-state index in [0.29, 0.717) is 0 Å². The van der Waals surface area contributed by atoms with Crippen LogP contribution in [0, 0.1) is 0 Å². The fraction of sp³-hybridized carbons (Fsp3) is 0.333. The van der Waals surface area contributed by atoms with E-state index in [1.54, 1.807) is 17.5 Å². The molecule has 5 heteroatoms. The monoisotopic (exact) mass is 208 g/mol. The summed E-state index contributed by atoms with van der Waals surface area (Å²) in [7, 11) is 3.92. The molecule has 0 spiro atoms. The molecule has 2 aromatic heterocycles. The standard InChI is InChI=1S/C9H12N4S/c1-10-8(7-5-11-6-14-7)9-12-3-4-13(9)2/h3-6,8,10H,1-2H3. The molecule has 0 fully saturated rings. The predicted octanol–water partition coefficient (Wildman–Crippen LogP) is 1.19. The Balaban J connectivity index is 2.36. The maximum atomic E-state index is 4.32. The van der Waals surface area contributed by atoms with Crippen molar-refractivity contribution < 1.29 is 0 Å². The smallest absolute Gasteiger partial charge is 0.131 e. The van der Waals surface area contributed by atoms with Gasteiger partial charge in [0.25, 0.3) is 0 Å². The van der Waals surface area contributed by atoms with Crippen molar-refractivity contribution in [3.05, 3.63) is 34.8 Å². The molecule has 2 heterocycles. The van der Waals surface area contributed by atoms with Gasteiger partial charge >= 0.3 is 0 Å². The molecule has 2 rings (SSSR count). The summed E-state index contributed by atoms with van der Waals surface area (Å²) in [4.78, 5) is 9.58. The minimum absolute atomic E-state index is 0.141. The number of hydrogen-bond donors (Lipinski definition) is 1. The zero-order chi connectivity index (χ0) is 9.97. The van der Waals surface area contributed by atoms with Gasteiger partial charge in [-0.05, 0) is 7.05 Å². The SMILES string of the molecule is CNC(c1cncs1)c1nccn1C. The number of nitrogens with zero attached hydrogens (tertiary/aromatic N) is 3. The van der Waals surface area contributed by atoms with Crippen LogP contribution < -0.4 is 5.32 Å². The quantitative estimate of drug-likeness (QED) is 0.823. The molecule has 0 aliphatic heterocycles. The van der Waals surface area contributed by atoms with Crippen molar-refractivity contribution in [1.82, 2.24) is 19.9 Å². The molecule has 4 nitrogen and oxygen atoms in total. The zero-order valence-electron chi connectivity index (χ0n) is 8.14. The summed E-state index contributed by atoms with van der Waals surface area (Å²) in [6, 6.07) is 0.141. The van der Waals surface area contributed by atoms with Crippen molar-refractivity contribution in [1.29, 1.82) is 0 Å². The van der Waals surface area contributed by atoms with E-state index in [-0.39, 0.29) is 6.04 Å². The van der Waals surface area contributed by atoms with Crippen LogP contribution in [0.3, 0.4) is 0 Å². The topological polar surface area (TPSA) is 42.7 Å². The maximum absolute atomic E-state index is 4.32. The van der Waals surface area contributed by atoms with Crippen LogP contribution in [0.2, 0.25) is 0 Å². The van der Waals surface area contributed by atoms with Crippen molar-refractivity contribution in [2.75, 3.05) is 7.05 Å². The molecule has 0 saturated heterocycles. The number of imidazole rings is 1. The second kappa shape index (κ2) is 3.89. The highest BCUT2D eigenvalue weighted by Gasteiger charge is 2.16. The maximum Gasteiger partial charge on any atom is 0.131 e. The van der Waals surface area contributed by atoms with Crippen molar-refractivity contribution in [2.45, 2.75) is 6.04 Å². The molecule has 0 saturated carbocycles. The van der Waals surface area contributed by atoms with E-state index in [0.717, 1.165) is 5.82 Å². The number of rotatable bonds is 3. The van der Waals surface area contributed by atoms with Crippen molar-refractivity contribution in [3.63, 3.8) is 0 Å². The average molecular weight is 208 g/mol. The Kier molecular flexibility index (Phi) is 2.60. The summed E-state index contributed by atoms with van der Waals surface area (Å²) in [5.74, 6) is 1.01. The lowest BCUT2D eigenvalue weighted by Gasteiger charge is -2.13. The summed E-state index contributed by atoms with van der Waals surface area (Å²) in [6.45, 7) is 0. The highest BCUT2D eigenvalue weighted by molar-refractivity contribution is 7.09. The lowest BCUT2D eigenvalue weighted by atomic mass is 10.2. The molecule has 1 N–H and O–H groups in total. The van der Waals surface area contributed by atoms with E-state index >= 15 is 0 Å². The van der Waals surface area contributed by atoms with Gasteiger partial charge in [0.1, 0.15) is 11.9 Å². The largest absolute Gasteiger partial charge is 0.336 e. The van der Waals surface area contributed by atoms with Gasteiger partial charge in [0, 0.05) is 30.5 Å². The van der Waals surface area contributed by atoms with E-state index in [1.807, 2.05) is 36.6 Å². The van der Waals surface area contributed by atoms with Gasteiger partial charge in [-0.1, -0.05) is 0 Å². The average Bonchev–Trinajstić information content (AvgIpc) is 2.80. The molecule has 2 aromatic rings. The first-order valence-electron chi connectivity index (χ1n) is 4.36. The normalized spacial score (nSPS) is 13.0.